The minimum atomic E-state index is -0.629. The Balaban J connectivity index is 1.88. The topological polar surface area (TPSA) is 66.8 Å². The second-order valence-electron chi connectivity index (χ2n) is 9.18. The van der Waals surface area contributed by atoms with Gasteiger partial charge in [0.05, 0.1) is 17.7 Å². The highest BCUT2D eigenvalue weighted by Gasteiger charge is 2.49. The van der Waals surface area contributed by atoms with E-state index in [1.165, 1.54) is 0 Å². The van der Waals surface area contributed by atoms with Gasteiger partial charge in [0.15, 0.2) is 0 Å². The summed E-state index contributed by atoms with van der Waals surface area (Å²) in [6.07, 6.45) is 3.81. The molecule has 0 spiro atoms. The lowest BCUT2D eigenvalue weighted by Gasteiger charge is -2.31. The van der Waals surface area contributed by atoms with E-state index in [4.69, 9.17) is 4.74 Å². The predicted molar refractivity (Wildman–Crippen MR) is 125 cm³/mol. The van der Waals surface area contributed by atoms with Gasteiger partial charge >= 0.3 is 0 Å². The summed E-state index contributed by atoms with van der Waals surface area (Å²) in [5.41, 5.74) is 3.61. The van der Waals surface area contributed by atoms with Gasteiger partial charge in [-0.2, -0.15) is 0 Å². The number of ether oxygens (including phenoxy) is 1. The number of Topliss-reactive ketones (excluding diaryl/α,β-unsaturated/α-hetero) is 1. The molecular formula is C27H31NO4. The Morgan fingerprint density at radius 1 is 1.03 bits per heavy atom. The Bertz CT molecular complexity index is 1080. The van der Waals surface area contributed by atoms with Gasteiger partial charge in [0.25, 0.3) is 11.7 Å². The standard InChI is InChI=1S/C27H31NO4/c1-16(2)32-22-11-7-8-19(15-22)24-23(25(29)20-13-12-17(3)18(4)14-20)26(30)27(31)28(24)21-9-5-6-10-21/h7-8,11-16,21,24,29H,5-6,9-10H2,1-4H3/b25-23-. The second-order valence-corrected chi connectivity index (χ2v) is 9.18. The van der Waals surface area contributed by atoms with E-state index in [-0.39, 0.29) is 23.5 Å². The molecule has 4 rings (SSSR count). The van der Waals surface area contributed by atoms with Crippen molar-refractivity contribution in [2.45, 2.75) is 71.6 Å². The average Bonchev–Trinajstić information content (AvgIpc) is 3.36. The molecule has 0 bridgehead atoms. The lowest BCUT2D eigenvalue weighted by atomic mass is 9.93. The van der Waals surface area contributed by atoms with Gasteiger partial charge in [0, 0.05) is 11.6 Å². The molecule has 32 heavy (non-hydrogen) atoms. The number of aryl methyl sites for hydroxylation is 2. The number of nitrogens with zero attached hydrogens (tertiary/aromatic N) is 1. The van der Waals surface area contributed by atoms with Crippen molar-refractivity contribution in [2.24, 2.45) is 0 Å². The number of hydrogen-bond donors (Lipinski definition) is 1. The molecule has 2 fully saturated rings. The highest BCUT2D eigenvalue weighted by Crippen LogP contribution is 2.44. The number of hydrogen-bond acceptors (Lipinski definition) is 4. The van der Waals surface area contributed by atoms with Crippen molar-refractivity contribution in [3.8, 4) is 5.75 Å². The average molecular weight is 434 g/mol. The first-order valence-electron chi connectivity index (χ1n) is 11.4. The van der Waals surface area contributed by atoms with Crippen LogP contribution in [0.3, 0.4) is 0 Å². The van der Waals surface area contributed by atoms with Crippen LogP contribution in [-0.2, 0) is 9.59 Å². The second kappa shape index (κ2) is 8.81. The van der Waals surface area contributed by atoms with Crippen molar-refractivity contribution in [1.29, 1.82) is 0 Å². The van der Waals surface area contributed by atoms with Gasteiger partial charge in [-0.15, -0.1) is 0 Å². The van der Waals surface area contributed by atoms with Crippen LogP contribution in [0, 0.1) is 13.8 Å². The van der Waals surface area contributed by atoms with Crippen LogP contribution in [0.4, 0.5) is 0 Å². The molecule has 1 saturated carbocycles. The smallest absolute Gasteiger partial charge is 0.295 e. The lowest BCUT2D eigenvalue weighted by Crippen LogP contribution is -2.37. The zero-order valence-electron chi connectivity index (χ0n) is 19.2. The van der Waals surface area contributed by atoms with Gasteiger partial charge in [0.2, 0.25) is 0 Å². The molecule has 2 aliphatic rings. The van der Waals surface area contributed by atoms with Crippen LogP contribution < -0.4 is 4.74 Å². The van der Waals surface area contributed by atoms with Crippen LogP contribution in [0.25, 0.3) is 5.76 Å². The summed E-state index contributed by atoms with van der Waals surface area (Å²) in [5, 5.41) is 11.3. The SMILES string of the molecule is Cc1ccc(/C(O)=C2/C(=O)C(=O)N(C3CCCC3)C2c2cccc(OC(C)C)c2)cc1C. The van der Waals surface area contributed by atoms with E-state index in [0.29, 0.717) is 11.3 Å². The third-order valence-electron chi connectivity index (χ3n) is 6.52. The minimum Gasteiger partial charge on any atom is -0.507 e. The summed E-state index contributed by atoms with van der Waals surface area (Å²) < 4.78 is 5.87. The van der Waals surface area contributed by atoms with Crippen molar-refractivity contribution >= 4 is 17.4 Å². The molecule has 0 radical (unpaired) electrons. The number of aliphatic hydroxyl groups is 1. The lowest BCUT2D eigenvalue weighted by molar-refractivity contribution is -0.141. The molecule has 2 aromatic rings. The number of likely N-dealkylation sites (tertiary alicyclic amines) is 1. The maximum absolute atomic E-state index is 13.2. The molecule has 5 heteroatoms. The Morgan fingerprint density at radius 2 is 1.75 bits per heavy atom. The van der Waals surface area contributed by atoms with Crippen molar-refractivity contribution in [3.63, 3.8) is 0 Å². The molecule has 2 aromatic carbocycles. The number of aliphatic hydroxyl groups excluding tert-OH is 1. The first-order valence-corrected chi connectivity index (χ1v) is 11.4. The van der Waals surface area contributed by atoms with Crippen LogP contribution in [0.5, 0.6) is 5.75 Å². The molecule has 1 amide bonds. The van der Waals surface area contributed by atoms with E-state index < -0.39 is 17.7 Å². The number of amides is 1. The summed E-state index contributed by atoms with van der Waals surface area (Å²) in [7, 11) is 0. The highest BCUT2D eigenvalue weighted by molar-refractivity contribution is 6.46. The molecule has 0 aromatic heterocycles. The predicted octanol–water partition coefficient (Wildman–Crippen LogP) is 5.45. The number of benzene rings is 2. The Kier molecular flexibility index (Phi) is 6.09. The van der Waals surface area contributed by atoms with Crippen molar-refractivity contribution in [3.05, 3.63) is 70.3 Å². The first kappa shape index (κ1) is 22.1. The number of carbonyl (C=O) groups excluding carboxylic acids is 2. The third kappa shape index (κ3) is 4.04. The van der Waals surface area contributed by atoms with E-state index in [2.05, 4.69) is 0 Å². The fraction of sp³-hybridized carbons (Fsp3) is 0.407. The molecule has 1 heterocycles. The summed E-state index contributed by atoms with van der Waals surface area (Å²) in [5.74, 6) is -0.580. The van der Waals surface area contributed by atoms with E-state index in [1.807, 2.05) is 64.1 Å². The Morgan fingerprint density at radius 3 is 2.41 bits per heavy atom. The molecule has 1 atom stereocenters. The van der Waals surface area contributed by atoms with Crippen molar-refractivity contribution < 1.29 is 19.4 Å². The van der Waals surface area contributed by atoms with Crippen molar-refractivity contribution in [2.75, 3.05) is 0 Å². The fourth-order valence-electron chi connectivity index (χ4n) is 4.81. The Hall–Kier alpha value is -3.08. The fourth-order valence-corrected chi connectivity index (χ4v) is 4.81. The normalized spacial score (nSPS) is 21.0. The molecule has 1 saturated heterocycles. The highest BCUT2D eigenvalue weighted by atomic mass is 16.5. The van der Waals surface area contributed by atoms with Crippen LogP contribution in [0.1, 0.15) is 67.8 Å². The third-order valence-corrected chi connectivity index (χ3v) is 6.52. The number of rotatable bonds is 5. The molecule has 1 unspecified atom stereocenters. The van der Waals surface area contributed by atoms with Gasteiger partial charge < -0.3 is 14.7 Å². The summed E-state index contributed by atoms with van der Waals surface area (Å²) in [6.45, 7) is 7.87. The van der Waals surface area contributed by atoms with Gasteiger partial charge in [-0.3, -0.25) is 9.59 Å². The Labute approximate surface area is 189 Å². The minimum absolute atomic E-state index is 0.00183. The molecular weight excluding hydrogens is 402 g/mol. The van der Waals surface area contributed by atoms with E-state index >= 15 is 0 Å². The van der Waals surface area contributed by atoms with Crippen LogP contribution >= 0.6 is 0 Å². The largest absolute Gasteiger partial charge is 0.507 e. The first-order chi connectivity index (χ1) is 15.3. The van der Waals surface area contributed by atoms with Gasteiger partial charge in [-0.05, 0) is 75.4 Å². The number of carbonyl (C=O) groups is 2. The van der Waals surface area contributed by atoms with Gasteiger partial charge in [-0.1, -0.05) is 37.1 Å². The van der Waals surface area contributed by atoms with Crippen LogP contribution in [-0.4, -0.2) is 33.8 Å². The van der Waals surface area contributed by atoms with Gasteiger partial charge in [0.1, 0.15) is 11.5 Å². The molecule has 1 N–H and O–H groups in total. The zero-order valence-corrected chi connectivity index (χ0v) is 19.2. The maximum atomic E-state index is 13.2. The van der Waals surface area contributed by atoms with Crippen LogP contribution in [0.2, 0.25) is 0 Å². The molecule has 1 aliphatic carbocycles. The van der Waals surface area contributed by atoms with Crippen LogP contribution in [0.15, 0.2) is 48.0 Å². The van der Waals surface area contributed by atoms with Gasteiger partial charge in [-0.25, -0.2) is 0 Å². The quantitative estimate of drug-likeness (QED) is 0.387. The summed E-state index contributed by atoms with van der Waals surface area (Å²) in [4.78, 5) is 28.2. The van der Waals surface area contributed by atoms with E-state index in [0.717, 1.165) is 42.4 Å². The monoisotopic (exact) mass is 433 g/mol. The molecule has 5 nitrogen and oxygen atoms in total. The molecule has 168 valence electrons. The zero-order chi connectivity index (χ0) is 23.0. The number of ketones is 1. The summed E-state index contributed by atoms with van der Waals surface area (Å²) in [6, 6.07) is 12.5. The van der Waals surface area contributed by atoms with E-state index in [1.54, 1.807) is 11.0 Å². The molecule has 1 aliphatic heterocycles. The van der Waals surface area contributed by atoms with Crippen molar-refractivity contribution in [1.82, 2.24) is 4.90 Å². The maximum Gasteiger partial charge on any atom is 0.295 e. The van der Waals surface area contributed by atoms with E-state index in [9.17, 15) is 14.7 Å². The summed E-state index contributed by atoms with van der Waals surface area (Å²) >= 11 is 0.